The molecule has 6 rings (SSSR count). The zero-order valence-corrected chi connectivity index (χ0v) is 20.9. The van der Waals surface area contributed by atoms with Gasteiger partial charge in [-0.05, 0) is 70.2 Å². The van der Waals surface area contributed by atoms with Crippen molar-refractivity contribution in [2.45, 2.75) is 69.1 Å². The molecule has 4 heterocycles. The van der Waals surface area contributed by atoms with Gasteiger partial charge in [-0.15, -0.1) is 0 Å². The Hall–Kier alpha value is -2.70. The van der Waals surface area contributed by atoms with E-state index in [0.29, 0.717) is 12.1 Å². The van der Waals surface area contributed by atoms with Gasteiger partial charge in [0.05, 0.1) is 23.0 Å². The van der Waals surface area contributed by atoms with Gasteiger partial charge in [0.2, 0.25) is 5.91 Å². The number of amides is 1. The highest BCUT2D eigenvalue weighted by molar-refractivity contribution is 5.80. The summed E-state index contributed by atoms with van der Waals surface area (Å²) in [6, 6.07) is 20.1. The molecular formula is C29H37N5O. The number of aryl methyl sites for hydroxylation is 1. The first-order chi connectivity index (χ1) is 17.0. The first-order valence-electron chi connectivity index (χ1n) is 13.2. The first kappa shape index (κ1) is 22.7. The van der Waals surface area contributed by atoms with Crippen LogP contribution in [0.2, 0.25) is 0 Å². The van der Waals surface area contributed by atoms with Crippen LogP contribution in [0.4, 0.5) is 0 Å². The molecule has 2 bridgehead atoms. The molecule has 1 aromatic heterocycles. The number of nitrogens with zero attached hydrogens (tertiary/aromatic N) is 3. The first-order valence-corrected chi connectivity index (χ1v) is 13.2. The molecule has 2 aromatic carbocycles. The van der Waals surface area contributed by atoms with Crippen molar-refractivity contribution in [3.8, 4) is 0 Å². The summed E-state index contributed by atoms with van der Waals surface area (Å²) in [5.74, 6) is 1.44. The van der Waals surface area contributed by atoms with Gasteiger partial charge in [0.25, 0.3) is 0 Å². The van der Waals surface area contributed by atoms with Crippen LogP contribution >= 0.6 is 0 Å². The number of para-hydroxylation sites is 2. The molecule has 0 radical (unpaired) electrons. The standard InChI is InChI=1S/C29H37N5O/c1-20-30-26-10-6-7-11-27(26)34(20)24-16-23-12-14-29(17-24,32-23)15-13-25(21-8-4-3-5-9-21)31-28(35)22-18-33(2)19-22/h3-11,22-25,32H,12-19H2,1-2H3,(H,31,35)/t23?,24?,25-,29?/m0/s1. The Kier molecular flexibility index (Phi) is 5.89. The van der Waals surface area contributed by atoms with Gasteiger partial charge in [0.1, 0.15) is 5.82 Å². The average molecular weight is 472 g/mol. The van der Waals surface area contributed by atoms with Crippen LogP contribution in [0.3, 0.4) is 0 Å². The molecule has 184 valence electrons. The van der Waals surface area contributed by atoms with E-state index in [0.717, 1.165) is 50.1 Å². The van der Waals surface area contributed by atoms with Crippen LogP contribution < -0.4 is 10.6 Å². The van der Waals surface area contributed by atoms with Gasteiger partial charge in [-0.2, -0.15) is 0 Å². The molecule has 0 aliphatic carbocycles. The second kappa shape index (κ2) is 9.07. The van der Waals surface area contributed by atoms with Gasteiger partial charge in [0.15, 0.2) is 0 Å². The predicted molar refractivity (Wildman–Crippen MR) is 139 cm³/mol. The molecule has 0 spiro atoms. The molecule has 0 saturated carbocycles. The number of aromatic nitrogens is 2. The number of rotatable bonds is 7. The fourth-order valence-corrected chi connectivity index (χ4v) is 6.93. The number of hydrogen-bond acceptors (Lipinski definition) is 4. The highest BCUT2D eigenvalue weighted by Gasteiger charge is 2.46. The second-order valence-electron chi connectivity index (χ2n) is 11.2. The number of piperidine rings is 1. The summed E-state index contributed by atoms with van der Waals surface area (Å²) < 4.78 is 2.49. The van der Waals surface area contributed by atoms with Crippen LogP contribution in [-0.2, 0) is 4.79 Å². The van der Waals surface area contributed by atoms with E-state index in [4.69, 9.17) is 4.98 Å². The van der Waals surface area contributed by atoms with E-state index in [1.807, 2.05) is 0 Å². The van der Waals surface area contributed by atoms with Crippen LogP contribution in [0.25, 0.3) is 11.0 Å². The van der Waals surface area contributed by atoms with Crippen LogP contribution in [0.15, 0.2) is 54.6 Å². The van der Waals surface area contributed by atoms with Gasteiger partial charge < -0.3 is 20.1 Å². The van der Waals surface area contributed by atoms with E-state index >= 15 is 0 Å². The van der Waals surface area contributed by atoms with Crippen molar-refractivity contribution in [2.24, 2.45) is 5.92 Å². The summed E-state index contributed by atoms with van der Waals surface area (Å²) in [4.78, 5) is 20.0. The normalized spacial score (nSPS) is 27.6. The summed E-state index contributed by atoms with van der Waals surface area (Å²) >= 11 is 0. The molecule has 3 aliphatic heterocycles. The Bertz CT molecular complexity index is 1200. The van der Waals surface area contributed by atoms with Crippen LogP contribution in [0.1, 0.15) is 62.0 Å². The fraction of sp³-hybridized carbons (Fsp3) is 0.517. The minimum absolute atomic E-state index is 0.0565. The van der Waals surface area contributed by atoms with Gasteiger partial charge >= 0.3 is 0 Å². The maximum atomic E-state index is 13.0. The molecule has 4 atom stereocenters. The number of nitrogens with one attached hydrogen (secondary N) is 2. The molecule has 1 amide bonds. The summed E-state index contributed by atoms with van der Waals surface area (Å²) in [5, 5.41) is 7.43. The number of carbonyl (C=O) groups excluding carboxylic acids is 1. The lowest BCUT2D eigenvalue weighted by Gasteiger charge is -2.41. The molecule has 3 fully saturated rings. The Morgan fingerprint density at radius 3 is 2.74 bits per heavy atom. The zero-order chi connectivity index (χ0) is 24.0. The van der Waals surface area contributed by atoms with E-state index in [9.17, 15) is 4.79 Å². The quantitative estimate of drug-likeness (QED) is 0.537. The molecule has 3 aliphatic rings. The Balaban J connectivity index is 1.20. The van der Waals surface area contributed by atoms with Crippen molar-refractivity contribution in [3.05, 3.63) is 66.0 Å². The third-order valence-electron chi connectivity index (χ3n) is 8.67. The van der Waals surface area contributed by atoms with Gasteiger partial charge in [0, 0.05) is 30.7 Å². The SMILES string of the molecule is Cc1nc2ccccc2n1C1CC2CCC(CC[C@H](NC(=O)C3CN(C)C3)c3ccccc3)(C1)N2. The summed E-state index contributed by atoms with van der Waals surface area (Å²) in [7, 11) is 2.07. The maximum absolute atomic E-state index is 13.0. The van der Waals surface area contributed by atoms with Crippen molar-refractivity contribution < 1.29 is 4.79 Å². The number of imidazole rings is 1. The summed E-state index contributed by atoms with van der Waals surface area (Å²) in [6.07, 6.45) is 6.75. The number of fused-ring (bicyclic) bond motifs is 3. The molecule has 3 unspecified atom stereocenters. The smallest absolute Gasteiger partial charge is 0.226 e. The molecule has 35 heavy (non-hydrogen) atoms. The Labute approximate surface area is 208 Å². The monoisotopic (exact) mass is 471 g/mol. The molecule has 6 heteroatoms. The molecule has 3 saturated heterocycles. The Morgan fingerprint density at radius 2 is 1.94 bits per heavy atom. The van der Waals surface area contributed by atoms with E-state index in [1.165, 1.54) is 23.9 Å². The lowest BCUT2D eigenvalue weighted by atomic mass is 9.81. The average Bonchev–Trinajstić information content (AvgIpc) is 3.34. The molecule has 6 nitrogen and oxygen atoms in total. The zero-order valence-electron chi connectivity index (χ0n) is 20.9. The fourth-order valence-electron chi connectivity index (χ4n) is 6.93. The number of hydrogen-bond donors (Lipinski definition) is 2. The van der Waals surface area contributed by atoms with Crippen molar-refractivity contribution in [1.82, 2.24) is 25.1 Å². The van der Waals surface area contributed by atoms with E-state index in [2.05, 4.69) is 88.7 Å². The van der Waals surface area contributed by atoms with E-state index < -0.39 is 0 Å². The molecular weight excluding hydrogens is 434 g/mol. The molecule has 2 N–H and O–H groups in total. The molecule has 3 aromatic rings. The Morgan fingerprint density at radius 1 is 1.17 bits per heavy atom. The number of benzene rings is 2. The highest BCUT2D eigenvalue weighted by Crippen LogP contribution is 2.45. The van der Waals surface area contributed by atoms with Crippen molar-refractivity contribution in [2.75, 3.05) is 20.1 Å². The predicted octanol–water partition coefficient (Wildman–Crippen LogP) is 4.37. The lowest BCUT2D eigenvalue weighted by molar-refractivity contribution is -0.130. The minimum Gasteiger partial charge on any atom is -0.349 e. The lowest BCUT2D eigenvalue weighted by Crippen LogP contribution is -2.52. The number of likely N-dealkylation sites (tertiary alicyclic amines) is 1. The highest BCUT2D eigenvalue weighted by atomic mass is 16.2. The van der Waals surface area contributed by atoms with Gasteiger partial charge in [-0.3, -0.25) is 4.79 Å². The minimum atomic E-state index is 0.0565. The van der Waals surface area contributed by atoms with Crippen LogP contribution in [-0.4, -0.2) is 52.1 Å². The van der Waals surface area contributed by atoms with Gasteiger partial charge in [-0.1, -0.05) is 42.5 Å². The third-order valence-corrected chi connectivity index (χ3v) is 8.67. The van der Waals surface area contributed by atoms with Crippen molar-refractivity contribution in [3.63, 3.8) is 0 Å². The maximum Gasteiger partial charge on any atom is 0.226 e. The van der Waals surface area contributed by atoms with Crippen LogP contribution in [0, 0.1) is 12.8 Å². The van der Waals surface area contributed by atoms with Gasteiger partial charge in [-0.25, -0.2) is 4.98 Å². The van der Waals surface area contributed by atoms with Crippen molar-refractivity contribution >= 4 is 16.9 Å². The summed E-state index contributed by atoms with van der Waals surface area (Å²) in [5.41, 5.74) is 3.69. The van der Waals surface area contributed by atoms with E-state index in [-0.39, 0.29) is 23.4 Å². The summed E-state index contributed by atoms with van der Waals surface area (Å²) in [6.45, 7) is 3.87. The van der Waals surface area contributed by atoms with Crippen LogP contribution in [0.5, 0.6) is 0 Å². The topological polar surface area (TPSA) is 62.2 Å². The largest absolute Gasteiger partial charge is 0.349 e. The third kappa shape index (κ3) is 4.38. The number of carbonyl (C=O) groups is 1. The van der Waals surface area contributed by atoms with Crippen molar-refractivity contribution in [1.29, 1.82) is 0 Å². The van der Waals surface area contributed by atoms with E-state index in [1.54, 1.807) is 0 Å². The second-order valence-corrected chi connectivity index (χ2v) is 11.2.